The van der Waals surface area contributed by atoms with Crippen LogP contribution in [0.25, 0.3) is 0 Å². The Morgan fingerprint density at radius 3 is 2.89 bits per heavy atom. The molecule has 0 aliphatic rings. The van der Waals surface area contributed by atoms with Gasteiger partial charge in [-0.05, 0) is 41.1 Å². The van der Waals surface area contributed by atoms with Crippen molar-refractivity contribution in [1.82, 2.24) is 4.98 Å². The Labute approximate surface area is 129 Å². The third-order valence-corrected chi connectivity index (χ3v) is 4.52. The number of aromatic nitrogens is 1. The van der Waals surface area contributed by atoms with Gasteiger partial charge in [0.15, 0.2) is 0 Å². The van der Waals surface area contributed by atoms with Crippen LogP contribution in [0.3, 0.4) is 0 Å². The number of thiazole rings is 1. The quantitative estimate of drug-likeness (QED) is 0.833. The Kier molecular flexibility index (Phi) is 4.90. The van der Waals surface area contributed by atoms with Crippen molar-refractivity contribution in [1.29, 1.82) is 0 Å². The van der Waals surface area contributed by atoms with E-state index in [1.165, 1.54) is 4.88 Å². The highest BCUT2D eigenvalue weighted by atomic mass is 79.9. The minimum Gasteiger partial charge on any atom is -0.493 e. The van der Waals surface area contributed by atoms with E-state index in [9.17, 15) is 0 Å². The lowest BCUT2D eigenvalue weighted by Crippen LogP contribution is -2.10. The molecule has 0 unspecified atom stereocenters. The van der Waals surface area contributed by atoms with Gasteiger partial charge in [-0.25, -0.2) is 4.98 Å². The van der Waals surface area contributed by atoms with E-state index in [-0.39, 0.29) is 0 Å². The summed E-state index contributed by atoms with van der Waals surface area (Å²) in [7, 11) is 0. The van der Waals surface area contributed by atoms with E-state index in [4.69, 9.17) is 22.7 Å². The predicted octanol–water partition coefficient (Wildman–Crippen LogP) is 3.47. The number of nitrogens with zero attached hydrogens (tertiary/aromatic N) is 1. The molecule has 0 amide bonds. The molecule has 0 radical (unpaired) electrons. The van der Waals surface area contributed by atoms with Crippen molar-refractivity contribution in [3.8, 4) is 5.75 Å². The van der Waals surface area contributed by atoms with E-state index >= 15 is 0 Å². The first kappa shape index (κ1) is 14.4. The third-order valence-electron chi connectivity index (χ3n) is 2.65. The van der Waals surface area contributed by atoms with Crippen molar-refractivity contribution < 1.29 is 4.74 Å². The van der Waals surface area contributed by atoms with Gasteiger partial charge < -0.3 is 10.5 Å². The molecule has 0 saturated carbocycles. The van der Waals surface area contributed by atoms with Gasteiger partial charge in [0.2, 0.25) is 0 Å². The SMILES string of the molecule is Cc1ncsc1CCOc1ccc(C(N)=S)c(Br)c1. The molecule has 3 nitrogen and oxygen atoms in total. The van der Waals surface area contributed by atoms with Crippen LogP contribution in [0, 0.1) is 6.92 Å². The topological polar surface area (TPSA) is 48.1 Å². The monoisotopic (exact) mass is 356 g/mol. The lowest BCUT2D eigenvalue weighted by Gasteiger charge is -2.08. The molecule has 6 heteroatoms. The van der Waals surface area contributed by atoms with Crippen molar-refractivity contribution >= 4 is 44.5 Å². The number of hydrogen-bond donors (Lipinski definition) is 1. The van der Waals surface area contributed by atoms with E-state index in [1.54, 1.807) is 11.3 Å². The smallest absolute Gasteiger partial charge is 0.120 e. The lowest BCUT2D eigenvalue weighted by molar-refractivity contribution is 0.322. The summed E-state index contributed by atoms with van der Waals surface area (Å²) in [5.41, 5.74) is 9.36. The van der Waals surface area contributed by atoms with Gasteiger partial charge in [-0.1, -0.05) is 12.2 Å². The summed E-state index contributed by atoms with van der Waals surface area (Å²) in [6.45, 7) is 2.64. The van der Waals surface area contributed by atoms with Gasteiger partial charge in [-0.2, -0.15) is 0 Å². The van der Waals surface area contributed by atoms with Crippen molar-refractivity contribution in [3.63, 3.8) is 0 Å². The number of halogens is 1. The second-order valence-corrected chi connectivity index (χ2v) is 6.20. The van der Waals surface area contributed by atoms with Crippen LogP contribution >= 0.6 is 39.5 Å². The van der Waals surface area contributed by atoms with Gasteiger partial charge in [0, 0.05) is 21.3 Å². The summed E-state index contributed by atoms with van der Waals surface area (Å²) < 4.78 is 6.57. The van der Waals surface area contributed by atoms with Crippen molar-refractivity contribution in [2.24, 2.45) is 5.73 Å². The Bertz CT molecular complexity index is 598. The second kappa shape index (κ2) is 6.45. The summed E-state index contributed by atoms with van der Waals surface area (Å²) in [6.07, 6.45) is 0.866. The minimum absolute atomic E-state index is 0.374. The highest BCUT2D eigenvalue weighted by Gasteiger charge is 2.05. The summed E-state index contributed by atoms with van der Waals surface area (Å²) in [6, 6.07) is 5.62. The van der Waals surface area contributed by atoms with Crippen LogP contribution in [-0.4, -0.2) is 16.6 Å². The van der Waals surface area contributed by atoms with Crippen molar-refractivity contribution in [2.75, 3.05) is 6.61 Å². The van der Waals surface area contributed by atoms with Gasteiger partial charge in [-0.15, -0.1) is 11.3 Å². The Morgan fingerprint density at radius 2 is 2.32 bits per heavy atom. The number of aryl methyl sites for hydroxylation is 1. The Balaban J connectivity index is 1.95. The van der Waals surface area contributed by atoms with E-state index in [0.29, 0.717) is 11.6 Å². The van der Waals surface area contributed by atoms with Crippen LogP contribution in [0.2, 0.25) is 0 Å². The number of nitrogens with two attached hydrogens (primary N) is 1. The van der Waals surface area contributed by atoms with Crippen LogP contribution in [-0.2, 0) is 6.42 Å². The molecule has 0 bridgehead atoms. The molecule has 2 rings (SSSR count). The molecule has 0 aliphatic heterocycles. The van der Waals surface area contributed by atoms with E-state index < -0.39 is 0 Å². The van der Waals surface area contributed by atoms with Gasteiger partial charge in [0.25, 0.3) is 0 Å². The molecule has 0 spiro atoms. The zero-order chi connectivity index (χ0) is 13.8. The molecule has 2 aromatic rings. The van der Waals surface area contributed by atoms with Gasteiger partial charge in [-0.3, -0.25) is 0 Å². The van der Waals surface area contributed by atoms with Crippen molar-refractivity contribution in [3.05, 3.63) is 44.3 Å². The van der Waals surface area contributed by atoms with Crippen molar-refractivity contribution in [2.45, 2.75) is 13.3 Å². The molecule has 0 atom stereocenters. The summed E-state index contributed by atoms with van der Waals surface area (Å²) >= 11 is 10.0. The van der Waals surface area contributed by atoms with Gasteiger partial charge in [0.1, 0.15) is 10.7 Å². The van der Waals surface area contributed by atoms with Crippen LogP contribution in [0.15, 0.2) is 28.2 Å². The van der Waals surface area contributed by atoms with E-state index in [1.807, 2.05) is 30.6 Å². The fourth-order valence-electron chi connectivity index (χ4n) is 1.61. The van der Waals surface area contributed by atoms with E-state index in [2.05, 4.69) is 20.9 Å². The highest BCUT2D eigenvalue weighted by molar-refractivity contribution is 9.10. The highest BCUT2D eigenvalue weighted by Crippen LogP contribution is 2.23. The molecule has 2 N–H and O–H groups in total. The standard InChI is InChI=1S/C13H13BrN2OS2/c1-8-12(19-7-16-8)4-5-17-9-2-3-10(13(15)18)11(14)6-9/h2-3,6-7H,4-5H2,1H3,(H2,15,18). The number of thiocarbonyl (C=S) groups is 1. The van der Waals surface area contributed by atoms with Crippen LogP contribution < -0.4 is 10.5 Å². The predicted molar refractivity (Wildman–Crippen MR) is 86.1 cm³/mol. The van der Waals surface area contributed by atoms with E-state index in [0.717, 1.165) is 27.9 Å². The Morgan fingerprint density at radius 1 is 1.53 bits per heavy atom. The fourth-order valence-corrected chi connectivity index (χ4v) is 3.26. The molecule has 100 valence electrons. The first-order chi connectivity index (χ1) is 9.08. The van der Waals surface area contributed by atoms with Gasteiger partial charge >= 0.3 is 0 Å². The van der Waals surface area contributed by atoms with Crippen LogP contribution in [0.5, 0.6) is 5.75 Å². The number of rotatable bonds is 5. The summed E-state index contributed by atoms with van der Waals surface area (Å²) in [5, 5.41) is 0. The molecule has 0 saturated heterocycles. The fraction of sp³-hybridized carbons (Fsp3) is 0.231. The maximum Gasteiger partial charge on any atom is 0.120 e. The largest absolute Gasteiger partial charge is 0.493 e. The Hall–Kier alpha value is -0.980. The zero-order valence-electron chi connectivity index (χ0n) is 10.4. The minimum atomic E-state index is 0.374. The molecule has 1 aromatic heterocycles. The lowest BCUT2D eigenvalue weighted by atomic mass is 10.2. The molecule has 1 aromatic carbocycles. The molecule has 0 aliphatic carbocycles. The number of benzene rings is 1. The third kappa shape index (κ3) is 3.75. The molecular formula is C13H13BrN2OS2. The number of hydrogen-bond acceptors (Lipinski definition) is 4. The molecule has 1 heterocycles. The van der Waals surface area contributed by atoms with Crippen LogP contribution in [0.4, 0.5) is 0 Å². The van der Waals surface area contributed by atoms with Crippen LogP contribution in [0.1, 0.15) is 16.1 Å². The first-order valence-corrected chi connectivity index (χ1v) is 7.77. The molecular weight excluding hydrogens is 344 g/mol. The maximum absolute atomic E-state index is 5.71. The summed E-state index contributed by atoms with van der Waals surface area (Å²) in [4.78, 5) is 5.85. The van der Waals surface area contributed by atoms with Gasteiger partial charge in [0.05, 0.1) is 17.8 Å². The summed E-state index contributed by atoms with van der Waals surface area (Å²) in [5.74, 6) is 0.800. The molecule has 19 heavy (non-hydrogen) atoms. The maximum atomic E-state index is 5.71. The molecule has 0 fully saturated rings. The zero-order valence-corrected chi connectivity index (χ0v) is 13.6. The average Bonchev–Trinajstić information content (AvgIpc) is 2.75. The average molecular weight is 357 g/mol. The second-order valence-electron chi connectivity index (χ2n) is 3.97. The normalized spacial score (nSPS) is 10.4. The number of ether oxygens (including phenoxy) is 1. The first-order valence-electron chi connectivity index (χ1n) is 5.69.